The van der Waals surface area contributed by atoms with E-state index in [9.17, 15) is 18.0 Å². The Balaban J connectivity index is 1.52. The van der Waals surface area contributed by atoms with Crippen molar-refractivity contribution in [2.75, 3.05) is 36.4 Å². The molecule has 1 fully saturated rings. The quantitative estimate of drug-likeness (QED) is 0.606. The summed E-state index contributed by atoms with van der Waals surface area (Å²) in [6.07, 6.45) is -1.96. The Hall–Kier alpha value is -2.82. The van der Waals surface area contributed by atoms with Crippen LogP contribution in [-0.2, 0) is 6.18 Å². The molecule has 7 nitrogen and oxygen atoms in total. The molecule has 1 aliphatic rings. The van der Waals surface area contributed by atoms with Crippen molar-refractivity contribution >= 4 is 26.0 Å². The number of urea groups is 1. The monoisotopic (exact) mass is 481 g/mol. The predicted molar refractivity (Wildman–Crippen MR) is 124 cm³/mol. The van der Waals surface area contributed by atoms with Crippen molar-refractivity contribution in [1.82, 2.24) is 14.9 Å². The van der Waals surface area contributed by atoms with Gasteiger partial charge in [-0.05, 0) is 42.4 Å². The Morgan fingerprint density at radius 3 is 2.15 bits per heavy atom. The summed E-state index contributed by atoms with van der Waals surface area (Å²) in [5.41, 5.74) is -0.780. The average molecular weight is 482 g/mol. The minimum atomic E-state index is -4.41. The molecule has 3 heterocycles. The summed E-state index contributed by atoms with van der Waals surface area (Å²) in [5.74, 6) is 1.56. The van der Waals surface area contributed by atoms with Gasteiger partial charge in [-0.2, -0.15) is 13.2 Å². The maximum absolute atomic E-state index is 12.7. The number of halogens is 3. The second-order valence-electron chi connectivity index (χ2n) is 9.55. The van der Waals surface area contributed by atoms with Crippen molar-refractivity contribution in [2.45, 2.75) is 45.1 Å². The number of nitrogens with zero attached hydrogens (tertiary/aromatic N) is 4. The highest BCUT2D eigenvalue weighted by molar-refractivity contribution is 6.74. The van der Waals surface area contributed by atoms with E-state index in [1.807, 2.05) is 4.90 Å². The number of carbonyl (C=O) groups excluding carboxylic acids is 1. The number of piperazine rings is 1. The highest BCUT2D eigenvalue weighted by Crippen LogP contribution is 2.37. The van der Waals surface area contributed by atoms with Crippen molar-refractivity contribution < 1.29 is 22.4 Å². The Kier molecular flexibility index (Phi) is 6.92. The molecular weight excluding hydrogens is 451 g/mol. The lowest BCUT2D eigenvalue weighted by molar-refractivity contribution is -0.137. The molecule has 2 aromatic heterocycles. The molecule has 0 saturated carbocycles. The lowest BCUT2D eigenvalue weighted by Crippen LogP contribution is -2.50. The van der Waals surface area contributed by atoms with Crippen LogP contribution in [0.5, 0.6) is 5.75 Å². The van der Waals surface area contributed by atoms with Gasteiger partial charge in [0.1, 0.15) is 17.4 Å². The van der Waals surface area contributed by atoms with E-state index < -0.39 is 20.1 Å². The van der Waals surface area contributed by atoms with Crippen molar-refractivity contribution in [3.05, 3.63) is 42.2 Å². The normalized spacial score (nSPS) is 15.4. The summed E-state index contributed by atoms with van der Waals surface area (Å²) >= 11 is 0. The first-order chi connectivity index (χ1) is 15.3. The highest BCUT2D eigenvalue weighted by Gasteiger charge is 2.39. The van der Waals surface area contributed by atoms with Gasteiger partial charge in [0.15, 0.2) is 0 Å². The lowest BCUT2D eigenvalue weighted by Gasteiger charge is -2.36. The average Bonchev–Trinajstić information content (AvgIpc) is 2.74. The molecule has 1 N–H and O–H groups in total. The van der Waals surface area contributed by atoms with Gasteiger partial charge < -0.3 is 14.2 Å². The van der Waals surface area contributed by atoms with Crippen LogP contribution in [0.2, 0.25) is 18.1 Å². The molecule has 0 atom stereocenters. The SMILES string of the molecule is CC(C)(C)[Si](C)(C)Oc1ccc(NC(=O)N2CCN(c3ccc(C(F)(F)F)cn3)CC2)nc1. The second-order valence-corrected chi connectivity index (χ2v) is 14.3. The number of hydrogen-bond donors (Lipinski definition) is 1. The van der Waals surface area contributed by atoms with Crippen molar-refractivity contribution in [3.8, 4) is 5.75 Å². The molecule has 0 spiro atoms. The van der Waals surface area contributed by atoms with Gasteiger partial charge in [-0.3, -0.25) is 5.32 Å². The molecule has 180 valence electrons. The molecule has 33 heavy (non-hydrogen) atoms. The second kappa shape index (κ2) is 9.20. The molecule has 0 radical (unpaired) electrons. The van der Waals surface area contributed by atoms with E-state index in [-0.39, 0.29) is 11.1 Å². The maximum atomic E-state index is 12.7. The zero-order valence-corrected chi connectivity index (χ0v) is 20.5. The smallest absolute Gasteiger partial charge is 0.417 e. The molecule has 0 aliphatic carbocycles. The van der Waals surface area contributed by atoms with Gasteiger partial charge in [-0.15, -0.1) is 0 Å². The van der Waals surface area contributed by atoms with Crippen LogP contribution in [0.1, 0.15) is 26.3 Å². The number of carbonyl (C=O) groups is 1. The van der Waals surface area contributed by atoms with Gasteiger partial charge >= 0.3 is 12.2 Å². The first-order valence-corrected chi connectivity index (χ1v) is 13.7. The van der Waals surface area contributed by atoms with E-state index in [0.29, 0.717) is 43.6 Å². The van der Waals surface area contributed by atoms with E-state index in [4.69, 9.17) is 4.43 Å². The summed E-state index contributed by atoms with van der Waals surface area (Å²) < 4.78 is 44.3. The van der Waals surface area contributed by atoms with Crippen LogP contribution >= 0.6 is 0 Å². The molecule has 1 aliphatic heterocycles. The Morgan fingerprint density at radius 1 is 1.00 bits per heavy atom. The number of alkyl halides is 3. The standard InChI is InChI=1S/C22H30F3N5O2Si/c1-21(2,3)33(4,5)32-17-7-8-18(26-15-17)28-20(31)30-12-10-29(11-13-30)19-9-6-16(14-27-19)22(23,24)25/h6-9,14-15H,10-13H2,1-5H3,(H,26,28,31). The van der Waals surface area contributed by atoms with Crippen LogP contribution in [0.15, 0.2) is 36.7 Å². The fourth-order valence-electron chi connectivity index (χ4n) is 3.03. The van der Waals surface area contributed by atoms with Gasteiger partial charge in [0.2, 0.25) is 0 Å². The van der Waals surface area contributed by atoms with Crippen molar-refractivity contribution in [1.29, 1.82) is 0 Å². The van der Waals surface area contributed by atoms with E-state index in [2.05, 4.69) is 49.1 Å². The topological polar surface area (TPSA) is 70.6 Å². The highest BCUT2D eigenvalue weighted by atomic mass is 28.4. The summed E-state index contributed by atoms with van der Waals surface area (Å²) in [6, 6.07) is 5.61. The summed E-state index contributed by atoms with van der Waals surface area (Å²) in [5, 5.41) is 2.85. The van der Waals surface area contributed by atoms with Gasteiger partial charge in [0, 0.05) is 32.4 Å². The van der Waals surface area contributed by atoms with Crippen LogP contribution in [0.4, 0.5) is 29.6 Å². The van der Waals surface area contributed by atoms with Crippen LogP contribution in [-0.4, -0.2) is 55.4 Å². The summed E-state index contributed by atoms with van der Waals surface area (Å²) in [6.45, 7) is 12.6. The van der Waals surface area contributed by atoms with Crippen molar-refractivity contribution in [2.24, 2.45) is 0 Å². The van der Waals surface area contributed by atoms with Crippen LogP contribution in [0.3, 0.4) is 0 Å². The summed E-state index contributed by atoms with van der Waals surface area (Å²) in [4.78, 5) is 24.3. The number of amides is 2. The number of anilines is 2. The van der Waals surface area contributed by atoms with E-state index in [1.165, 1.54) is 6.07 Å². The zero-order chi connectivity index (χ0) is 24.4. The molecular formula is C22H30F3N5O2Si. The molecule has 11 heteroatoms. The third-order valence-corrected chi connectivity index (χ3v) is 10.5. The van der Waals surface area contributed by atoms with E-state index in [1.54, 1.807) is 23.2 Å². The van der Waals surface area contributed by atoms with Gasteiger partial charge in [-0.25, -0.2) is 14.8 Å². The Bertz CT molecular complexity index is 952. The van der Waals surface area contributed by atoms with Gasteiger partial charge in [0.05, 0.1) is 11.8 Å². The fourth-order valence-corrected chi connectivity index (χ4v) is 4.05. The molecule has 2 amide bonds. The third kappa shape index (κ3) is 6.15. The predicted octanol–water partition coefficient (Wildman–Crippen LogP) is 5.23. The minimum absolute atomic E-state index is 0.0674. The number of nitrogens with one attached hydrogen (secondary N) is 1. The van der Waals surface area contributed by atoms with Crippen molar-refractivity contribution in [3.63, 3.8) is 0 Å². The molecule has 1 saturated heterocycles. The number of aromatic nitrogens is 2. The lowest BCUT2D eigenvalue weighted by atomic mass is 10.2. The first-order valence-electron chi connectivity index (χ1n) is 10.8. The Labute approximate surface area is 193 Å². The van der Waals surface area contributed by atoms with Crippen LogP contribution in [0, 0.1) is 0 Å². The zero-order valence-electron chi connectivity index (χ0n) is 19.5. The molecule has 3 rings (SSSR count). The third-order valence-electron chi connectivity index (χ3n) is 6.12. The van der Waals surface area contributed by atoms with Crippen LogP contribution in [0.25, 0.3) is 0 Å². The first kappa shape index (κ1) is 24.8. The van der Waals surface area contributed by atoms with E-state index in [0.717, 1.165) is 12.3 Å². The van der Waals surface area contributed by atoms with Gasteiger partial charge in [0.25, 0.3) is 8.32 Å². The minimum Gasteiger partial charge on any atom is -0.542 e. The molecule has 0 unspecified atom stereocenters. The molecule has 0 bridgehead atoms. The largest absolute Gasteiger partial charge is 0.542 e. The fraction of sp³-hybridized carbons (Fsp3) is 0.500. The van der Waals surface area contributed by atoms with Crippen LogP contribution < -0.4 is 14.6 Å². The molecule has 0 aromatic carbocycles. The number of rotatable bonds is 4. The summed E-state index contributed by atoms with van der Waals surface area (Å²) in [7, 11) is -1.97. The van der Waals surface area contributed by atoms with E-state index >= 15 is 0 Å². The number of pyridine rings is 2. The van der Waals surface area contributed by atoms with Gasteiger partial charge in [-0.1, -0.05) is 20.8 Å². The number of hydrogen-bond acceptors (Lipinski definition) is 5. The molecule has 2 aromatic rings. The maximum Gasteiger partial charge on any atom is 0.417 e. The Morgan fingerprint density at radius 2 is 1.67 bits per heavy atom.